The van der Waals surface area contributed by atoms with Gasteiger partial charge in [-0.2, -0.15) is 0 Å². The molecule has 0 aromatic rings. The first kappa shape index (κ1) is 14.6. The molecular formula is C11H21N3O2. The first-order chi connectivity index (χ1) is 7.47. The van der Waals surface area contributed by atoms with Gasteiger partial charge in [0.1, 0.15) is 12.1 Å². The zero-order valence-corrected chi connectivity index (χ0v) is 10.3. The van der Waals surface area contributed by atoms with Crippen LogP contribution in [0, 0.1) is 5.92 Å². The molecular weight excluding hydrogens is 206 g/mol. The molecule has 0 aromatic carbocycles. The standard InChI is InChI=1S/C11H21N3O2/c1-6-8(12-4)10(15)14-9(7(2)3)11(16)13-5/h6-9,12H,1H2,2-5H3,(H,13,16)(H,14,15)/t8-,9-/m0/s1. The second kappa shape index (κ2) is 7.00. The van der Waals surface area contributed by atoms with Crippen molar-refractivity contribution >= 4 is 11.8 Å². The molecule has 5 heteroatoms. The van der Waals surface area contributed by atoms with Gasteiger partial charge in [-0.05, 0) is 13.0 Å². The Morgan fingerprint density at radius 2 is 1.75 bits per heavy atom. The lowest BCUT2D eigenvalue weighted by atomic mass is 10.0. The molecule has 0 radical (unpaired) electrons. The zero-order valence-electron chi connectivity index (χ0n) is 10.3. The van der Waals surface area contributed by atoms with Crippen molar-refractivity contribution in [2.75, 3.05) is 14.1 Å². The Bertz CT molecular complexity index is 264. The first-order valence-electron chi connectivity index (χ1n) is 5.29. The van der Waals surface area contributed by atoms with Gasteiger partial charge in [-0.15, -0.1) is 6.58 Å². The van der Waals surface area contributed by atoms with Gasteiger partial charge in [-0.3, -0.25) is 9.59 Å². The lowest BCUT2D eigenvalue weighted by Gasteiger charge is -2.22. The highest BCUT2D eigenvalue weighted by molar-refractivity contribution is 5.90. The number of carbonyl (C=O) groups excluding carboxylic acids is 2. The van der Waals surface area contributed by atoms with Crippen molar-refractivity contribution in [3.63, 3.8) is 0 Å². The van der Waals surface area contributed by atoms with Crippen LogP contribution in [0.4, 0.5) is 0 Å². The SMILES string of the molecule is C=C[C@H](NC)C(=O)N[C@H](C(=O)NC)C(C)C. The minimum Gasteiger partial charge on any atom is -0.357 e. The monoisotopic (exact) mass is 227 g/mol. The normalized spacial score (nSPS) is 14.1. The summed E-state index contributed by atoms with van der Waals surface area (Å²) < 4.78 is 0. The molecule has 2 amide bonds. The third-order valence-corrected chi connectivity index (χ3v) is 2.32. The van der Waals surface area contributed by atoms with E-state index in [0.29, 0.717) is 0 Å². The molecule has 0 bridgehead atoms. The molecule has 0 aromatic heterocycles. The number of hydrogen-bond donors (Lipinski definition) is 3. The molecule has 0 aliphatic rings. The van der Waals surface area contributed by atoms with Crippen LogP contribution in [0.15, 0.2) is 12.7 Å². The van der Waals surface area contributed by atoms with Gasteiger partial charge < -0.3 is 16.0 Å². The van der Waals surface area contributed by atoms with Crippen LogP contribution in [-0.2, 0) is 9.59 Å². The Balaban J connectivity index is 4.57. The number of likely N-dealkylation sites (N-methyl/N-ethyl adjacent to an activating group) is 2. The van der Waals surface area contributed by atoms with Gasteiger partial charge in [-0.1, -0.05) is 19.9 Å². The lowest BCUT2D eigenvalue weighted by molar-refractivity contribution is -0.130. The summed E-state index contributed by atoms with van der Waals surface area (Å²) in [5.74, 6) is -0.409. The van der Waals surface area contributed by atoms with Gasteiger partial charge in [0.05, 0.1) is 0 Å². The molecule has 0 aliphatic carbocycles. The van der Waals surface area contributed by atoms with Crippen molar-refractivity contribution in [3.05, 3.63) is 12.7 Å². The minimum atomic E-state index is -0.520. The molecule has 2 atom stereocenters. The van der Waals surface area contributed by atoms with Crippen LogP contribution in [0.5, 0.6) is 0 Å². The van der Waals surface area contributed by atoms with Gasteiger partial charge in [0.2, 0.25) is 11.8 Å². The topological polar surface area (TPSA) is 70.2 Å². The predicted octanol–water partition coefficient (Wildman–Crippen LogP) is -0.353. The van der Waals surface area contributed by atoms with Crippen LogP contribution in [0.3, 0.4) is 0 Å². The maximum atomic E-state index is 11.7. The average molecular weight is 227 g/mol. The Kier molecular flexibility index (Phi) is 6.41. The summed E-state index contributed by atoms with van der Waals surface area (Å²) in [6.07, 6.45) is 1.50. The van der Waals surface area contributed by atoms with Crippen molar-refractivity contribution in [1.82, 2.24) is 16.0 Å². The number of hydrogen-bond acceptors (Lipinski definition) is 3. The number of rotatable bonds is 6. The van der Waals surface area contributed by atoms with Crippen LogP contribution in [0.1, 0.15) is 13.8 Å². The van der Waals surface area contributed by atoms with Gasteiger partial charge in [0, 0.05) is 7.05 Å². The van der Waals surface area contributed by atoms with E-state index >= 15 is 0 Å². The summed E-state index contributed by atoms with van der Waals surface area (Å²) >= 11 is 0. The van der Waals surface area contributed by atoms with E-state index in [0.717, 1.165) is 0 Å². The van der Waals surface area contributed by atoms with E-state index in [2.05, 4.69) is 22.5 Å². The summed E-state index contributed by atoms with van der Waals surface area (Å²) in [4.78, 5) is 23.2. The largest absolute Gasteiger partial charge is 0.357 e. The average Bonchev–Trinajstić information content (AvgIpc) is 2.26. The zero-order chi connectivity index (χ0) is 12.7. The van der Waals surface area contributed by atoms with Crippen LogP contribution in [0.2, 0.25) is 0 Å². The summed E-state index contributed by atoms with van der Waals surface area (Å²) in [7, 11) is 3.21. The second-order valence-corrected chi connectivity index (χ2v) is 3.85. The summed E-state index contributed by atoms with van der Waals surface area (Å²) in [6.45, 7) is 7.30. The molecule has 5 nitrogen and oxygen atoms in total. The van der Waals surface area contributed by atoms with Crippen LogP contribution >= 0.6 is 0 Å². The smallest absolute Gasteiger partial charge is 0.242 e. The highest BCUT2D eigenvalue weighted by Gasteiger charge is 2.25. The number of carbonyl (C=O) groups is 2. The molecule has 92 valence electrons. The van der Waals surface area contributed by atoms with Gasteiger partial charge in [0.15, 0.2) is 0 Å². The molecule has 0 aliphatic heterocycles. The van der Waals surface area contributed by atoms with E-state index in [1.165, 1.54) is 6.08 Å². The van der Waals surface area contributed by atoms with Crippen molar-refractivity contribution < 1.29 is 9.59 Å². The predicted molar refractivity (Wildman–Crippen MR) is 63.9 cm³/mol. The van der Waals surface area contributed by atoms with Crippen LogP contribution < -0.4 is 16.0 Å². The molecule has 16 heavy (non-hydrogen) atoms. The highest BCUT2D eigenvalue weighted by atomic mass is 16.2. The molecule has 0 spiro atoms. The summed E-state index contributed by atoms with van der Waals surface area (Å²) in [5.41, 5.74) is 0. The van der Waals surface area contributed by atoms with E-state index in [4.69, 9.17) is 0 Å². The van der Waals surface area contributed by atoms with Crippen molar-refractivity contribution in [2.24, 2.45) is 5.92 Å². The molecule has 0 saturated carbocycles. The van der Waals surface area contributed by atoms with E-state index in [9.17, 15) is 9.59 Å². The number of nitrogens with one attached hydrogen (secondary N) is 3. The fourth-order valence-electron chi connectivity index (χ4n) is 1.29. The molecule has 0 rings (SSSR count). The van der Waals surface area contributed by atoms with Gasteiger partial charge in [0.25, 0.3) is 0 Å². The lowest BCUT2D eigenvalue weighted by Crippen LogP contribution is -2.53. The van der Waals surface area contributed by atoms with E-state index < -0.39 is 12.1 Å². The van der Waals surface area contributed by atoms with E-state index in [1.807, 2.05) is 13.8 Å². The van der Waals surface area contributed by atoms with Gasteiger partial charge >= 0.3 is 0 Å². The van der Waals surface area contributed by atoms with Crippen molar-refractivity contribution in [3.8, 4) is 0 Å². The fourth-order valence-corrected chi connectivity index (χ4v) is 1.29. The van der Waals surface area contributed by atoms with Crippen LogP contribution in [-0.4, -0.2) is 38.0 Å². The third kappa shape index (κ3) is 4.02. The third-order valence-electron chi connectivity index (χ3n) is 2.32. The maximum Gasteiger partial charge on any atom is 0.242 e. The summed E-state index contributed by atoms with van der Waals surface area (Å²) in [6, 6.07) is -1.00. The van der Waals surface area contributed by atoms with E-state index in [-0.39, 0.29) is 17.7 Å². The minimum absolute atomic E-state index is 0.0335. The van der Waals surface area contributed by atoms with Crippen molar-refractivity contribution in [1.29, 1.82) is 0 Å². The summed E-state index contributed by atoms with van der Waals surface area (Å²) in [5, 5.41) is 8.00. The Morgan fingerprint density at radius 1 is 1.19 bits per heavy atom. The fraction of sp³-hybridized carbons (Fsp3) is 0.636. The Hall–Kier alpha value is -1.36. The Labute approximate surface area is 96.7 Å². The van der Waals surface area contributed by atoms with Gasteiger partial charge in [-0.25, -0.2) is 0 Å². The molecule has 0 heterocycles. The molecule has 0 fully saturated rings. The molecule has 0 unspecified atom stereocenters. The van der Waals surface area contributed by atoms with Crippen LogP contribution in [0.25, 0.3) is 0 Å². The first-order valence-corrected chi connectivity index (χ1v) is 5.29. The number of amides is 2. The second-order valence-electron chi connectivity index (χ2n) is 3.85. The highest BCUT2D eigenvalue weighted by Crippen LogP contribution is 2.02. The Morgan fingerprint density at radius 3 is 2.06 bits per heavy atom. The maximum absolute atomic E-state index is 11.7. The van der Waals surface area contributed by atoms with E-state index in [1.54, 1.807) is 14.1 Å². The molecule has 3 N–H and O–H groups in total. The van der Waals surface area contributed by atoms with Crippen molar-refractivity contribution in [2.45, 2.75) is 25.9 Å². The molecule has 0 saturated heterocycles. The quantitative estimate of drug-likeness (QED) is 0.543.